The van der Waals surface area contributed by atoms with Crippen LogP contribution in [0.4, 0.5) is 0 Å². The molecule has 102 valence electrons. The first-order chi connectivity index (χ1) is 8.35. The van der Waals surface area contributed by atoms with E-state index in [1.54, 1.807) is 19.0 Å². The van der Waals surface area contributed by atoms with E-state index in [1.165, 1.54) is 4.90 Å². The fourth-order valence-electron chi connectivity index (χ4n) is 1.82. The highest BCUT2D eigenvalue weighted by Crippen LogP contribution is 2.47. The van der Waals surface area contributed by atoms with Gasteiger partial charge in [0.1, 0.15) is 0 Å². The van der Waals surface area contributed by atoms with Gasteiger partial charge in [-0.05, 0) is 19.3 Å². The van der Waals surface area contributed by atoms with E-state index in [0.29, 0.717) is 19.4 Å². The summed E-state index contributed by atoms with van der Waals surface area (Å²) in [6.07, 6.45) is 2.22. The highest BCUT2D eigenvalue weighted by molar-refractivity contribution is 7.80. The van der Waals surface area contributed by atoms with E-state index >= 15 is 0 Å². The van der Waals surface area contributed by atoms with Crippen molar-refractivity contribution in [2.24, 2.45) is 11.1 Å². The van der Waals surface area contributed by atoms with Gasteiger partial charge in [-0.15, -0.1) is 0 Å². The Bertz CT molecular complexity index is 364. The normalized spacial score (nSPS) is 15.9. The Morgan fingerprint density at radius 3 is 2.22 bits per heavy atom. The highest BCUT2D eigenvalue weighted by Gasteiger charge is 2.54. The summed E-state index contributed by atoms with van der Waals surface area (Å²) >= 11 is 4.97. The molecular weight excluding hydrogens is 250 g/mol. The second-order valence-electron chi connectivity index (χ2n) is 4.96. The van der Waals surface area contributed by atoms with Crippen molar-refractivity contribution in [3.63, 3.8) is 0 Å². The standard InChI is InChI=1S/C12H21N3O2S/c1-4-7-15(8-9(16)14(2)3)11(17)12(5-6-12)10(13)18/h4-8H2,1-3H3,(H2,13,18). The zero-order valence-corrected chi connectivity index (χ0v) is 12.0. The summed E-state index contributed by atoms with van der Waals surface area (Å²) in [6, 6.07) is 0. The lowest BCUT2D eigenvalue weighted by atomic mass is 10.1. The first-order valence-electron chi connectivity index (χ1n) is 6.14. The molecule has 1 saturated carbocycles. The fraction of sp³-hybridized carbons (Fsp3) is 0.750. The third-order valence-electron chi connectivity index (χ3n) is 3.24. The topological polar surface area (TPSA) is 66.6 Å². The molecule has 1 rings (SSSR count). The van der Waals surface area contributed by atoms with Crippen LogP contribution in [0, 0.1) is 5.41 Å². The van der Waals surface area contributed by atoms with Crippen molar-refractivity contribution in [3.8, 4) is 0 Å². The van der Waals surface area contributed by atoms with Crippen LogP contribution in [-0.4, -0.2) is 53.8 Å². The number of likely N-dealkylation sites (N-methyl/N-ethyl adjacent to an activating group) is 1. The van der Waals surface area contributed by atoms with E-state index in [9.17, 15) is 9.59 Å². The number of hydrogen-bond donors (Lipinski definition) is 1. The van der Waals surface area contributed by atoms with Crippen molar-refractivity contribution in [1.29, 1.82) is 0 Å². The molecule has 5 nitrogen and oxygen atoms in total. The third kappa shape index (κ3) is 2.98. The van der Waals surface area contributed by atoms with Crippen molar-refractivity contribution in [2.45, 2.75) is 26.2 Å². The van der Waals surface area contributed by atoms with E-state index in [2.05, 4.69) is 0 Å². The first kappa shape index (κ1) is 14.9. The summed E-state index contributed by atoms with van der Waals surface area (Å²) in [6.45, 7) is 2.63. The van der Waals surface area contributed by atoms with Crippen molar-refractivity contribution in [1.82, 2.24) is 9.80 Å². The summed E-state index contributed by atoms with van der Waals surface area (Å²) in [5.74, 6) is -0.178. The van der Waals surface area contributed by atoms with Crippen molar-refractivity contribution in [3.05, 3.63) is 0 Å². The van der Waals surface area contributed by atoms with E-state index in [-0.39, 0.29) is 23.3 Å². The molecule has 0 spiro atoms. The molecule has 0 bridgehead atoms. The predicted octanol–water partition coefficient (Wildman–Crippen LogP) is 0.380. The number of amides is 2. The largest absolute Gasteiger partial charge is 0.392 e. The lowest BCUT2D eigenvalue weighted by Gasteiger charge is -2.27. The minimum atomic E-state index is -0.670. The van der Waals surface area contributed by atoms with Crippen molar-refractivity contribution < 1.29 is 9.59 Å². The summed E-state index contributed by atoms with van der Waals surface area (Å²) in [7, 11) is 3.36. The van der Waals surface area contributed by atoms with Crippen LogP contribution in [-0.2, 0) is 9.59 Å². The quantitative estimate of drug-likeness (QED) is 0.709. The van der Waals surface area contributed by atoms with Gasteiger partial charge in [-0.2, -0.15) is 0 Å². The molecule has 0 radical (unpaired) electrons. The van der Waals surface area contributed by atoms with Gasteiger partial charge in [0.15, 0.2) is 0 Å². The number of carbonyl (C=O) groups is 2. The summed E-state index contributed by atoms with van der Waals surface area (Å²) in [5, 5.41) is 0. The molecule has 0 unspecified atom stereocenters. The van der Waals surface area contributed by atoms with Crippen molar-refractivity contribution in [2.75, 3.05) is 27.2 Å². The minimum Gasteiger partial charge on any atom is -0.392 e. The van der Waals surface area contributed by atoms with Crippen LogP contribution in [0.15, 0.2) is 0 Å². The van der Waals surface area contributed by atoms with Gasteiger partial charge in [0.25, 0.3) is 0 Å². The molecule has 1 aliphatic carbocycles. The SMILES string of the molecule is CCCN(CC(=O)N(C)C)C(=O)C1(C(N)=S)CC1. The Hall–Kier alpha value is -1.17. The average Bonchev–Trinajstić information content (AvgIpc) is 3.08. The molecule has 2 amide bonds. The van der Waals surface area contributed by atoms with Gasteiger partial charge in [0.05, 0.1) is 16.9 Å². The molecule has 0 aromatic heterocycles. The molecule has 0 atom stereocenters. The van der Waals surface area contributed by atoms with Crippen LogP contribution in [0.5, 0.6) is 0 Å². The molecule has 0 heterocycles. The molecule has 0 aliphatic heterocycles. The highest BCUT2D eigenvalue weighted by atomic mass is 32.1. The molecule has 2 N–H and O–H groups in total. The zero-order chi connectivity index (χ0) is 13.9. The Balaban J connectivity index is 2.76. The second kappa shape index (κ2) is 5.65. The lowest BCUT2D eigenvalue weighted by molar-refractivity contribution is -0.141. The molecular formula is C12H21N3O2S. The number of nitrogens with two attached hydrogens (primary N) is 1. The van der Waals surface area contributed by atoms with E-state index in [0.717, 1.165) is 6.42 Å². The van der Waals surface area contributed by atoms with Gasteiger partial charge in [-0.1, -0.05) is 19.1 Å². The zero-order valence-electron chi connectivity index (χ0n) is 11.2. The number of rotatable bonds is 6. The monoisotopic (exact) mass is 271 g/mol. The van der Waals surface area contributed by atoms with Crippen LogP contribution in [0.3, 0.4) is 0 Å². The van der Waals surface area contributed by atoms with Gasteiger partial charge in [-0.3, -0.25) is 9.59 Å². The maximum atomic E-state index is 12.4. The van der Waals surface area contributed by atoms with Crippen molar-refractivity contribution >= 4 is 29.0 Å². The van der Waals surface area contributed by atoms with Crippen LogP contribution < -0.4 is 5.73 Å². The maximum Gasteiger partial charge on any atom is 0.241 e. The minimum absolute atomic E-state index is 0.0875. The van der Waals surface area contributed by atoms with Crippen LogP contribution in [0.2, 0.25) is 0 Å². The maximum absolute atomic E-state index is 12.4. The Labute approximate surface area is 113 Å². The van der Waals surface area contributed by atoms with Crippen LogP contribution in [0.25, 0.3) is 0 Å². The molecule has 1 fully saturated rings. The smallest absolute Gasteiger partial charge is 0.241 e. The Kier molecular flexibility index (Phi) is 4.67. The second-order valence-corrected chi connectivity index (χ2v) is 5.40. The van der Waals surface area contributed by atoms with Crippen LogP contribution >= 0.6 is 12.2 Å². The first-order valence-corrected chi connectivity index (χ1v) is 6.55. The van der Waals surface area contributed by atoms with E-state index in [1.807, 2.05) is 6.92 Å². The molecule has 18 heavy (non-hydrogen) atoms. The molecule has 0 aromatic carbocycles. The van der Waals surface area contributed by atoms with Gasteiger partial charge in [0, 0.05) is 20.6 Å². The fourth-order valence-corrected chi connectivity index (χ4v) is 2.11. The van der Waals surface area contributed by atoms with Crippen LogP contribution in [0.1, 0.15) is 26.2 Å². The summed E-state index contributed by atoms with van der Waals surface area (Å²) < 4.78 is 0. The predicted molar refractivity (Wildman–Crippen MR) is 74.0 cm³/mol. The third-order valence-corrected chi connectivity index (χ3v) is 3.63. The van der Waals surface area contributed by atoms with Gasteiger partial charge in [-0.25, -0.2) is 0 Å². The Morgan fingerprint density at radius 2 is 1.89 bits per heavy atom. The van der Waals surface area contributed by atoms with Gasteiger partial charge >= 0.3 is 0 Å². The number of hydrogen-bond acceptors (Lipinski definition) is 3. The summed E-state index contributed by atoms with van der Waals surface area (Å²) in [4.78, 5) is 27.4. The number of carbonyl (C=O) groups excluding carboxylic acids is 2. The average molecular weight is 271 g/mol. The Morgan fingerprint density at radius 1 is 1.33 bits per heavy atom. The lowest BCUT2D eigenvalue weighted by Crippen LogP contribution is -2.47. The molecule has 0 saturated heterocycles. The molecule has 1 aliphatic rings. The number of nitrogens with zero attached hydrogens (tertiary/aromatic N) is 2. The molecule has 0 aromatic rings. The van der Waals surface area contributed by atoms with E-state index < -0.39 is 5.41 Å². The number of thiocarbonyl (C=S) groups is 1. The summed E-state index contributed by atoms with van der Waals surface area (Å²) in [5.41, 5.74) is 4.98. The van der Waals surface area contributed by atoms with Gasteiger partial charge in [0.2, 0.25) is 11.8 Å². The van der Waals surface area contributed by atoms with Gasteiger partial charge < -0.3 is 15.5 Å². The molecule has 6 heteroatoms. The van der Waals surface area contributed by atoms with E-state index in [4.69, 9.17) is 18.0 Å².